The highest BCUT2D eigenvalue weighted by Crippen LogP contribution is 2.27. The van der Waals surface area contributed by atoms with Gasteiger partial charge in [0, 0.05) is 18.5 Å². The lowest BCUT2D eigenvalue weighted by molar-refractivity contribution is -0.121. The molecule has 3 heteroatoms. The van der Waals surface area contributed by atoms with Crippen molar-refractivity contribution in [3.63, 3.8) is 0 Å². The molecule has 0 bridgehead atoms. The molecule has 0 atom stereocenters. The number of benzene rings is 1. The smallest absolute Gasteiger partial charge is 0.254 e. The summed E-state index contributed by atoms with van der Waals surface area (Å²) in [5.74, 6) is 0.145. The van der Waals surface area contributed by atoms with Crippen molar-refractivity contribution < 1.29 is 9.59 Å². The van der Waals surface area contributed by atoms with Crippen LogP contribution in [0.25, 0.3) is 0 Å². The highest BCUT2D eigenvalue weighted by atomic mass is 16.2. The van der Waals surface area contributed by atoms with Gasteiger partial charge in [0.05, 0.1) is 6.54 Å². The van der Waals surface area contributed by atoms with Crippen molar-refractivity contribution in [2.75, 3.05) is 13.1 Å². The van der Waals surface area contributed by atoms with Crippen LogP contribution in [0.1, 0.15) is 49.5 Å². The number of nitrogens with zero attached hydrogens (tertiary/aromatic N) is 1. The molecule has 1 fully saturated rings. The summed E-state index contributed by atoms with van der Waals surface area (Å²) in [6.07, 6.45) is 1.38. The Hall–Kier alpha value is -1.64. The number of piperidine rings is 1. The monoisotopic (exact) mass is 259 g/mol. The summed E-state index contributed by atoms with van der Waals surface area (Å²) in [5.41, 5.74) is 1.69. The SMILES string of the molecule is CC(C)(C)c1ccccc1C(=O)N1CCCC(=O)C1. The number of likely N-dealkylation sites (tertiary alicyclic amines) is 1. The molecule has 1 aliphatic heterocycles. The van der Waals surface area contributed by atoms with Gasteiger partial charge in [-0.25, -0.2) is 0 Å². The van der Waals surface area contributed by atoms with Crippen molar-refractivity contribution in [1.29, 1.82) is 0 Å². The van der Waals surface area contributed by atoms with Crippen molar-refractivity contribution >= 4 is 11.7 Å². The first kappa shape index (κ1) is 13.8. The van der Waals surface area contributed by atoms with Crippen LogP contribution in [0.2, 0.25) is 0 Å². The van der Waals surface area contributed by atoms with E-state index >= 15 is 0 Å². The second-order valence-electron chi connectivity index (χ2n) is 6.16. The Morgan fingerprint density at radius 3 is 2.53 bits per heavy atom. The molecule has 1 aromatic rings. The Labute approximate surface area is 114 Å². The highest BCUT2D eigenvalue weighted by molar-refractivity contribution is 5.98. The summed E-state index contributed by atoms with van der Waals surface area (Å²) in [5, 5.41) is 0. The molecule has 1 heterocycles. The van der Waals surface area contributed by atoms with Crippen LogP contribution in [0.3, 0.4) is 0 Å². The largest absolute Gasteiger partial charge is 0.331 e. The molecule has 0 saturated carbocycles. The van der Waals surface area contributed by atoms with Gasteiger partial charge in [-0.3, -0.25) is 9.59 Å². The zero-order valence-electron chi connectivity index (χ0n) is 11.9. The molecule has 0 aliphatic carbocycles. The first-order chi connectivity index (χ1) is 8.89. The third-order valence-corrected chi connectivity index (χ3v) is 3.50. The van der Waals surface area contributed by atoms with E-state index in [1.54, 1.807) is 4.90 Å². The molecule has 102 valence electrons. The van der Waals surface area contributed by atoms with Crippen molar-refractivity contribution in [2.24, 2.45) is 0 Å². The van der Waals surface area contributed by atoms with Gasteiger partial charge in [-0.15, -0.1) is 0 Å². The fourth-order valence-corrected chi connectivity index (χ4v) is 2.51. The van der Waals surface area contributed by atoms with Crippen molar-refractivity contribution in [2.45, 2.75) is 39.0 Å². The van der Waals surface area contributed by atoms with Gasteiger partial charge in [-0.1, -0.05) is 39.0 Å². The van der Waals surface area contributed by atoms with E-state index in [0.717, 1.165) is 17.5 Å². The molecular weight excluding hydrogens is 238 g/mol. The lowest BCUT2D eigenvalue weighted by Gasteiger charge is -2.29. The Balaban J connectivity index is 2.31. The van der Waals surface area contributed by atoms with Gasteiger partial charge in [-0.2, -0.15) is 0 Å². The van der Waals surface area contributed by atoms with E-state index in [1.807, 2.05) is 24.3 Å². The van der Waals surface area contributed by atoms with Gasteiger partial charge in [0.1, 0.15) is 0 Å². The Morgan fingerprint density at radius 2 is 1.89 bits per heavy atom. The van der Waals surface area contributed by atoms with Crippen LogP contribution in [0.4, 0.5) is 0 Å². The van der Waals surface area contributed by atoms with Crippen LogP contribution in [-0.2, 0) is 10.2 Å². The summed E-state index contributed by atoms with van der Waals surface area (Å²) in [6, 6.07) is 7.70. The fraction of sp³-hybridized carbons (Fsp3) is 0.500. The van der Waals surface area contributed by atoms with E-state index in [-0.39, 0.29) is 23.7 Å². The summed E-state index contributed by atoms with van der Waals surface area (Å²) >= 11 is 0. The molecule has 2 rings (SSSR count). The molecule has 0 N–H and O–H groups in total. The van der Waals surface area contributed by atoms with E-state index in [1.165, 1.54) is 0 Å². The number of ketones is 1. The Kier molecular flexibility index (Phi) is 3.74. The number of rotatable bonds is 1. The fourth-order valence-electron chi connectivity index (χ4n) is 2.51. The molecular formula is C16H21NO2. The number of amides is 1. The molecule has 1 amide bonds. The minimum absolute atomic E-state index is 0.0152. The van der Waals surface area contributed by atoms with Crippen LogP contribution < -0.4 is 0 Å². The van der Waals surface area contributed by atoms with Gasteiger partial charge in [0.15, 0.2) is 5.78 Å². The number of carbonyl (C=O) groups excluding carboxylic acids is 2. The minimum atomic E-state index is -0.0773. The Bertz CT molecular complexity index is 500. The third kappa shape index (κ3) is 3.03. The minimum Gasteiger partial charge on any atom is -0.331 e. The third-order valence-electron chi connectivity index (χ3n) is 3.50. The molecule has 1 saturated heterocycles. The summed E-state index contributed by atoms with van der Waals surface area (Å²) < 4.78 is 0. The van der Waals surface area contributed by atoms with Crippen LogP contribution in [-0.4, -0.2) is 29.7 Å². The van der Waals surface area contributed by atoms with E-state index < -0.39 is 0 Å². The van der Waals surface area contributed by atoms with E-state index in [0.29, 0.717) is 13.0 Å². The highest BCUT2D eigenvalue weighted by Gasteiger charge is 2.27. The van der Waals surface area contributed by atoms with Gasteiger partial charge in [0.25, 0.3) is 5.91 Å². The average Bonchev–Trinajstić information content (AvgIpc) is 2.37. The molecule has 1 aliphatic rings. The van der Waals surface area contributed by atoms with Gasteiger partial charge in [0.2, 0.25) is 0 Å². The van der Waals surface area contributed by atoms with Gasteiger partial charge in [-0.05, 0) is 23.5 Å². The maximum absolute atomic E-state index is 12.6. The van der Waals surface area contributed by atoms with Crippen LogP contribution in [0.5, 0.6) is 0 Å². The van der Waals surface area contributed by atoms with Crippen LogP contribution in [0, 0.1) is 0 Å². The Morgan fingerprint density at radius 1 is 1.21 bits per heavy atom. The second kappa shape index (κ2) is 5.16. The van der Waals surface area contributed by atoms with Gasteiger partial charge < -0.3 is 4.90 Å². The molecule has 0 spiro atoms. The van der Waals surface area contributed by atoms with E-state index in [9.17, 15) is 9.59 Å². The van der Waals surface area contributed by atoms with E-state index in [4.69, 9.17) is 0 Å². The van der Waals surface area contributed by atoms with Gasteiger partial charge >= 0.3 is 0 Å². The van der Waals surface area contributed by atoms with E-state index in [2.05, 4.69) is 20.8 Å². The second-order valence-corrected chi connectivity index (χ2v) is 6.16. The predicted octanol–water partition coefficient (Wildman–Crippen LogP) is 2.79. The lowest BCUT2D eigenvalue weighted by Crippen LogP contribution is -2.40. The lowest BCUT2D eigenvalue weighted by atomic mass is 9.83. The maximum Gasteiger partial charge on any atom is 0.254 e. The average molecular weight is 259 g/mol. The summed E-state index contributed by atoms with van der Waals surface area (Å²) in [6.45, 7) is 7.24. The molecule has 1 aromatic carbocycles. The molecule has 0 radical (unpaired) electrons. The predicted molar refractivity (Wildman–Crippen MR) is 75.3 cm³/mol. The number of carbonyl (C=O) groups is 2. The summed E-state index contributed by atoms with van der Waals surface area (Å²) in [7, 11) is 0. The molecule has 0 unspecified atom stereocenters. The quantitative estimate of drug-likeness (QED) is 0.777. The standard InChI is InChI=1S/C16H21NO2/c1-16(2,3)14-9-5-4-8-13(14)15(19)17-10-6-7-12(18)11-17/h4-5,8-9H,6-7,10-11H2,1-3H3. The van der Waals surface area contributed by atoms with Crippen LogP contribution in [0.15, 0.2) is 24.3 Å². The zero-order valence-corrected chi connectivity index (χ0v) is 11.9. The zero-order chi connectivity index (χ0) is 14.0. The molecule has 0 aromatic heterocycles. The number of hydrogen-bond acceptors (Lipinski definition) is 2. The normalized spacial score (nSPS) is 16.6. The molecule has 3 nitrogen and oxygen atoms in total. The van der Waals surface area contributed by atoms with Crippen LogP contribution >= 0.6 is 0 Å². The van der Waals surface area contributed by atoms with Crippen molar-refractivity contribution in [3.8, 4) is 0 Å². The molecule has 19 heavy (non-hydrogen) atoms. The maximum atomic E-state index is 12.6. The van der Waals surface area contributed by atoms with Crippen molar-refractivity contribution in [3.05, 3.63) is 35.4 Å². The number of Topliss-reactive ketones (excluding diaryl/α,β-unsaturated/α-hetero) is 1. The van der Waals surface area contributed by atoms with Crippen molar-refractivity contribution in [1.82, 2.24) is 4.90 Å². The first-order valence-electron chi connectivity index (χ1n) is 6.80. The first-order valence-corrected chi connectivity index (χ1v) is 6.80. The topological polar surface area (TPSA) is 37.4 Å². The summed E-state index contributed by atoms with van der Waals surface area (Å²) in [4.78, 5) is 25.8. The number of hydrogen-bond donors (Lipinski definition) is 0.